The molecule has 0 saturated heterocycles. The maximum absolute atomic E-state index is 15.7. The van der Waals surface area contributed by atoms with E-state index < -0.39 is 113 Å². The summed E-state index contributed by atoms with van der Waals surface area (Å²) in [6.07, 6.45) is -4.61. The number of sulfonamides is 1. The van der Waals surface area contributed by atoms with Crippen LogP contribution in [0.3, 0.4) is 0 Å². The van der Waals surface area contributed by atoms with Gasteiger partial charge in [-0.15, -0.1) is 0 Å². The minimum Gasteiger partial charge on any atom is -0.346 e. The summed E-state index contributed by atoms with van der Waals surface area (Å²) in [6.45, 7) is 4.56. The van der Waals surface area contributed by atoms with Crippen LogP contribution < -0.4 is 10.0 Å². The molecule has 64 heavy (non-hydrogen) atoms. The SMILES string of the molecule is CCS(=O)(=O)Nc1nn(C)c2c(-c3ccc(C#CC(C)(C)S(=O)(=O)C4CC4)nc3[C@H](Cc3cc(F)cc(F)c3)NC(=O)Cn3nc(C(F)(F)F)c4c3C(F)(F)[C@@H]3C(C)[C@H]43)ccc(Cl)c12. The molecule has 3 aromatic heterocycles. The van der Waals surface area contributed by atoms with Crippen LogP contribution >= 0.6 is 11.6 Å². The van der Waals surface area contributed by atoms with E-state index >= 15 is 8.78 Å². The van der Waals surface area contributed by atoms with Crippen molar-refractivity contribution in [2.24, 2.45) is 18.9 Å². The van der Waals surface area contributed by atoms with Crippen molar-refractivity contribution in [1.82, 2.24) is 29.9 Å². The lowest BCUT2D eigenvalue weighted by atomic mass is 9.93. The zero-order chi connectivity index (χ0) is 46.6. The molecular formula is C42H39ClF7N7O5S2. The molecule has 5 aromatic rings. The normalized spacial score (nSPS) is 19.7. The minimum absolute atomic E-state index is 0.0400. The van der Waals surface area contributed by atoms with Crippen LogP contribution in [0.2, 0.25) is 5.02 Å². The van der Waals surface area contributed by atoms with Gasteiger partial charge in [-0.05, 0) is 87.8 Å². The Morgan fingerprint density at radius 1 is 1.02 bits per heavy atom. The summed E-state index contributed by atoms with van der Waals surface area (Å²) >= 11 is 6.64. The summed E-state index contributed by atoms with van der Waals surface area (Å²) in [5.74, 6) is -5.03. The number of sulfone groups is 1. The van der Waals surface area contributed by atoms with Crippen LogP contribution in [0.4, 0.5) is 36.6 Å². The molecule has 2 fully saturated rings. The van der Waals surface area contributed by atoms with Crippen molar-refractivity contribution in [2.75, 3.05) is 10.5 Å². The molecule has 1 unspecified atom stereocenters. The highest BCUT2D eigenvalue weighted by molar-refractivity contribution is 7.94. The number of hydrogen-bond acceptors (Lipinski definition) is 8. The number of pyridine rings is 1. The largest absolute Gasteiger partial charge is 0.435 e. The third kappa shape index (κ3) is 7.99. The van der Waals surface area contributed by atoms with E-state index in [1.807, 2.05) is 0 Å². The third-order valence-corrected chi connectivity index (χ3v) is 16.4. The van der Waals surface area contributed by atoms with Gasteiger partial charge in [0.2, 0.25) is 15.9 Å². The average molecular weight is 954 g/mol. The van der Waals surface area contributed by atoms with E-state index in [9.17, 15) is 43.6 Å². The first-order chi connectivity index (χ1) is 29.8. The van der Waals surface area contributed by atoms with Crippen LogP contribution in [0.25, 0.3) is 22.0 Å². The number of hydrogen-bond donors (Lipinski definition) is 2. The third-order valence-electron chi connectivity index (χ3n) is 12.0. The molecule has 0 aliphatic heterocycles. The first-order valence-electron chi connectivity index (χ1n) is 20.0. The number of benzene rings is 2. The summed E-state index contributed by atoms with van der Waals surface area (Å²) in [5.41, 5.74) is -2.70. The molecule has 2 saturated carbocycles. The van der Waals surface area contributed by atoms with Gasteiger partial charge in [0.15, 0.2) is 21.3 Å². The molecule has 12 nitrogen and oxygen atoms in total. The fourth-order valence-electron chi connectivity index (χ4n) is 8.65. The van der Waals surface area contributed by atoms with Gasteiger partial charge in [-0.1, -0.05) is 30.5 Å². The molecule has 8 rings (SSSR count). The van der Waals surface area contributed by atoms with Crippen LogP contribution in [-0.4, -0.2) is 63.0 Å². The van der Waals surface area contributed by atoms with E-state index in [1.165, 1.54) is 63.7 Å². The highest BCUT2D eigenvalue weighted by atomic mass is 35.5. The second-order valence-corrected chi connectivity index (χ2v) is 22.0. The molecule has 22 heteroatoms. The minimum atomic E-state index is -5.12. The van der Waals surface area contributed by atoms with Crippen molar-refractivity contribution in [1.29, 1.82) is 0 Å². The van der Waals surface area contributed by atoms with E-state index in [4.69, 9.17) is 16.6 Å². The lowest BCUT2D eigenvalue weighted by Gasteiger charge is -2.23. The maximum Gasteiger partial charge on any atom is 0.435 e. The summed E-state index contributed by atoms with van der Waals surface area (Å²) in [6, 6.07) is 6.97. The lowest BCUT2D eigenvalue weighted by molar-refractivity contribution is -0.142. The quantitative estimate of drug-likeness (QED) is 0.0948. The Balaban J connectivity index is 1.29. The van der Waals surface area contributed by atoms with E-state index in [2.05, 4.69) is 32.1 Å². The van der Waals surface area contributed by atoms with Gasteiger partial charge < -0.3 is 5.32 Å². The van der Waals surface area contributed by atoms with E-state index in [-0.39, 0.29) is 55.6 Å². The Kier molecular flexibility index (Phi) is 11.0. The molecule has 3 heterocycles. The average Bonchev–Trinajstić information content (AvgIpc) is 4.07. The molecule has 3 aliphatic carbocycles. The van der Waals surface area contributed by atoms with Crippen molar-refractivity contribution >= 4 is 54.1 Å². The van der Waals surface area contributed by atoms with Crippen LogP contribution in [0.15, 0.2) is 42.5 Å². The number of rotatable bonds is 12. The molecule has 340 valence electrons. The molecule has 0 radical (unpaired) electrons. The number of aromatic nitrogens is 5. The Morgan fingerprint density at radius 2 is 1.67 bits per heavy atom. The lowest BCUT2D eigenvalue weighted by Crippen LogP contribution is -2.35. The molecular weight excluding hydrogens is 915 g/mol. The van der Waals surface area contributed by atoms with Crippen molar-refractivity contribution < 1.29 is 52.4 Å². The number of fused-ring (bicyclic) bond motifs is 4. The van der Waals surface area contributed by atoms with Gasteiger partial charge in [0.25, 0.3) is 5.92 Å². The summed E-state index contributed by atoms with van der Waals surface area (Å²) in [4.78, 5) is 18.9. The zero-order valence-corrected chi connectivity index (χ0v) is 37.0. The predicted octanol–water partition coefficient (Wildman–Crippen LogP) is 7.81. The second kappa shape index (κ2) is 15.5. The Hall–Kier alpha value is -5.20. The summed E-state index contributed by atoms with van der Waals surface area (Å²) in [7, 11) is -6.10. The number of aryl methyl sites for hydroxylation is 1. The van der Waals surface area contributed by atoms with E-state index in [0.29, 0.717) is 23.6 Å². The van der Waals surface area contributed by atoms with Crippen LogP contribution in [0.1, 0.15) is 86.4 Å². The van der Waals surface area contributed by atoms with Gasteiger partial charge in [0, 0.05) is 41.6 Å². The maximum atomic E-state index is 15.7. The summed E-state index contributed by atoms with van der Waals surface area (Å²) in [5, 5.41) is 10.1. The number of nitrogens with zero attached hydrogens (tertiary/aromatic N) is 5. The second-order valence-electron chi connectivity index (χ2n) is 16.8. The van der Waals surface area contributed by atoms with Crippen molar-refractivity contribution in [3.8, 4) is 23.0 Å². The number of anilines is 1. The van der Waals surface area contributed by atoms with Crippen molar-refractivity contribution in [2.45, 2.75) is 87.6 Å². The first kappa shape index (κ1) is 45.4. The summed E-state index contributed by atoms with van der Waals surface area (Å²) < 4.78 is 158. The van der Waals surface area contributed by atoms with E-state index in [0.717, 1.165) is 12.1 Å². The number of carbonyl (C=O) groups excluding carboxylic acids is 1. The number of amides is 1. The van der Waals surface area contributed by atoms with Gasteiger partial charge in [-0.2, -0.15) is 32.1 Å². The molecule has 2 aromatic carbocycles. The smallest absolute Gasteiger partial charge is 0.346 e. The number of alkyl halides is 5. The van der Waals surface area contributed by atoms with Gasteiger partial charge >= 0.3 is 6.18 Å². The Labute approximate surface area is 367 Å². The predicted molar refractivity (Wildman–Crippen MR) is 222 cm³/mol. The zero-order valence-electron chi connectivity index (χ0n) is 34.6. The van der Waals surface area contributed by atoms with Gasteiger partial charge in [-0.25, -0.2) is 30.6 Å². The molecule has 0 spiro atoms. The number of halogens is 8. The molecule has 0 bridgehead atoms. The molecule has 3 aliphatic rings. The Morgan fingerprint density at radius 3 is 2.30 bits per heavy atom. The molecule has 4 atom stereocenters. The number of carbonyl (C=O) groups is 1. The van der Waals surface area contributed by atoms with Crippen molar-refractivity contribution in [3.05, 3.63) is 93.0 Å². The van der Waals surface area contributed by atoms with Crippen LogP contribution in [0.5, 0.6) is 0 Å². The van der Waals surface area contributed by atoms with Crippen molar-refractivity contribution in [3.63, 3.8) is 0 Å². The first-order valence-corrected chi connectivity index (χ1v) is 23.6. The van der Waals surface area contributed by atoms with Crippen LogP contribution in [0, 0.1) is 35.3 Å². The highest BCUT2D eigenvalue weighted by Gasteiger charge is 2.72. The molecule has 2 N–H and O–H groups in total. The monoisotopic (exact) mass is 953 g/mol. The van der Waals surface area contributed by atoms with Gasteiger partial charge in [-0.3, -0.25) is 18.9 Å². The number of nitrogens with one attached hydrogen (secondary N) is 2. The van der Waals surface area contributed by atoms with Crippen LogP contribution in [-0.2, 0) is 56.8 Å². The fourth-order valence-corrected chi connectivity index (χ4v) is 11.3. The van der Waals surface area contributed by atoms with E-state index in [1.54, 1.807) is 0 Å². The van der Waals surface area contributed by atoms with Gasteiger partial charge in [0.05, 0.1) is 38.7 Å². The highest BCUT2D eigenvalue weighted by Crippen LogP contribution is 2.71. The van der Waals surface area contributed by atoms with Gasteiger partial charge in [0.1, 0.15) is 34.3 Å². The topological polar surface area (TPSA) is 158 Å². The Bertz CT molecular complexity index is 3050. The molecule has 1 amide bonds. The fraction of sp³-hybridized carbons (Fsp3) is 0.429. The standard InChI is InChI=1S/C42H39ClF7N7O5S2/c1-6-63(59,60)55-39-32-28(43)12-11-27(36(32)56(5)54-39)26-10-7-24(13-14-40(3,4)64(61,62)25-8-9-25)51-35(26)29(17-21-15-22(44)18-23(45)16-21)52-30(58)19-57-38-33(37(53-57)42(48,49)50)31-20(2)34(31)41(38,46)47/h7,10-12,15-16,18,20,25,29,31,34H,6,8-9,17,19H2,1-5H3,(H,52,58)(H,54,55)/t20?,29-,31+,34+/m0/s1.